The van der Waals surface area contributed by atoms with Gasteiger partial charge in [0, 0.05) is 36.1 Å². The van der Waals surface area contributed by atoms with Crippen molar-refractivity contribution >= 4 is 22.5 Å². The molecule has 4 aromatic rings. The summed E-state index contributed by atoms with van der Waals surface area (Å²) in [6.07, 6.45) is 4.97. The van der Waals surface area contributed by atoms with Gasteiger partial charge in [-0.25, -0.2) is 9.97 Å². The fourth-order valence-corrected chi connectivity index (χ4v) is 3.47. The van der Waals surface area contributed by atoms with Gasteiger partial charge in [0.15, 0.2) is 5.82 Å². The number of methoxy groups -OCH3 is 1. The van der Waals surface area contributed by atoms with Gasteiger partial charge in [0.2, 0.25) is 0 Å². The molecule has 0 atom stereocenters. The van der Waals surface area contributed by atoms with Crippen molar-refractivity contribution in [1.82, 2.24) is 15.0 Å². The van der Waals surface area contributed by atoms with Crippen molar-refractivity contribution in [3.8, 4) is 17.1 Å². The van der Waals surface area contributed by atoms with Crippen LogP contribution in [0.4, 0.5) is 5.69 Å². The normalized spacial score (nSPS) is 10.8. The van der Waals surface area contributed by atoms with E-state index in [0.717, 1.165) is 27.7 Å². The van der Waals surface area contributed by atoms with E-state index in [4.69, 9.17) is 9.72 Å². The van der Waals surface area contributed by atoms with Crippen molar-refractivity contribution in [2.24, 2.45) is 0 Å². The fraction of sp³-hybridized carbons (Fsp3) is 0.167. The number of fused-ring (bicyclic) bond motifs is 1. The second-order valence-corrected chi connectivity index (χ2v) is 7.20. The quantitative estimate of drug-likeness (QED) is 0.503. The minimum atomic E-state index is -0.164. The Morgan fingerprint density at radius 2 is 1.87 bits per heavy atom. The average Bonchev–Trinajstić information content (AvgIpc) is 2.77. The number of aryl methyl sites for hydroxylation is 2. The van der Waals surface area contributed by atoms with E-state index in [1.54, 1.807) is 24.2 Å². The molecule has 4 rings (SSSR count). The Bertz CT molecular complexity index is 1250. The third-order valence-corrected chi connectivity index (χ3v) is 5.09. The van der Waals surface area contributed by atoms with Crippen LogP contribution >= 0.6 is 0 Å². The molecule has 150 valence electrons. The number of pyridine rings is 1. The van der Waals surface area contributed by atoms with Gasteiger partial charge in [0.25, 0.3) is 5.91 Å². The highest BCUT2D eigenvalue weighted by molar-refractivity contribution is 6.07. The van der Waals surface area contributed by atoms with Gasteiger partial charge in [-0.05, 0) is 55.8 Å². The zero-order valence-corrected chi connectivity index (χ0v) is 17.4. The third-order valence-electron chi connectivity index (χ3n) is 5.09. The van der Waals surface area contributed by atoms with Crippen LogP contribution in [0.15, 0.2) is 61.1 Å². The van der Waals surface area contributed by atoms with Gasteiger partial charge in [-0.3, -0.25) is 9.78 Å². The number of rotatable bonds is 4. The predicted molar refractivity (Wildman–Crippen MR) is 118 cm³/mol. The second-order valence-electron chi connectivity index (χ2n) is 7.20. The Kier molecular flexibility index (Phi) is 5.14. The summed E-state index contributed by atoms with van der Waals surface area (Å²) in [4.78, 5) is 27.8. The lowest BCUT2D eigenvalue weighted by Crippen LogP contribution is -2.27. The second kappa shape index (κ2) is 7.91. The lowest BCUT2D eigenvalue weighted by Gasteiger charge is -2.21. The Hall–Kier alpha value is -3.80. The van der Waals surface area contributed by atoms with E-state index in [1.807, 2.05) is 43.5 Å². The molecule has 1 amide bonds. The average molecular weight is 398 g/mol. The Labute approximate surface area is 175 Å². The maximum absolute atomic E-state index is 13.0. The first-order valence-corrected chi connectivity index (χ1v) is 9.58. The van der Waals surface area contributed by atoms with Crippen LogP contribution in [0.2, 0.25) is 0 Å². The number of nitrogens with zero attached hydrogens (tertiary/aromatic N) is 4. The standard InChI is InChI=1S/C24H22N4O2/c1-15-5-7-20-18(11-15)13-26-23(27-20)17-6-8-21(16(2)12-17)28(3)24(29)19-9-10-25-14-22(19)30-4/h5-14H,1-4H3. The lowest BCUT2D eigenvalue weighted by atomic mass is 10.1. The molecule has 0 radical (unpaired) electrons. The van der Waals surface area contributed by atoms with E-state index < -0.39 is 0 Å². The molecule has 2 aromatic carbocycles. The highest BCUT2D eigenvalue weighted by atomic mass is 16.5. The van der Waals surface area contributed by atoms with E-state index in [1.165, 1.54) is 18.9 Å². The minimum absolute atomic E-state index is 0.164. The number of anilines is 1. The van der Waals surface area contributed by atoms with Crippen molar-refractivity contribution in [1.29, 1.82) is 0 Å². The zero-order chi connectivity index (χ0) is 21.3. The number of carbonyl (C=O) groups excluding carboxylic acids is 1. The van der Waals surface area contributed by atoms with E-state index in [2.05, 4.69) is 23.0 Å². The summed E-state index contributed by atoms with van der Waals surface area (Å²) in [6.45, 7) is 4.02. The SMILES string of the molecule is COc1cnccc1C(=O)N(C)c1ccc(-c2ncc3cc(C)ccc3n2)cc1C. The molecule has 0 N–H and O–H groups in total. The van der Waals surface area contributed by atoms with Crippen LogP contribution in [0, 0.1) is 13.8 Å². The van der Waals surface area contributed by atoms with E-state index in [0.29, 0.717) is 17.1 Å². The fourth-order valence-electron chi connectivity index (χ4n) is 3.47. The highest BCUT2D eigenvalue weighted by Crippen LogP contribution is 2.28. The van der Waals surface area contributed by atoms with Crippen LogP contribution in [-0.2, 0) is 0 Å². The van der Waals surface area contributed by atoms with Crippen molar-refractivity contribution in [3.05, 3.63) is 77.7 Å². The van der Waals surface area contributed by atoms with E-state index in [9.17, 15) is 4.79 Å². The van der Waals surface area contributed by atoms with Crippen molar-refractivity contribution < 1.29 is 9.53 Å². The van der Waals surface area contributed by atoms with Crippen LogP contribution in [0.5, 0.6) is 5.75 Å². The summed E-state index contributed by atoms with van der Waals surface area (Å²) >= 11 is 0. The molecule has 0 bridgehead atoms. The molecule has 0 saturated heterocycles. The van der Waals surface area contributed by atoms with Crippen LogP contribution in [0.25, 0.3) is 22.3 Å². The van der Waals surface area contributed by atoms with Gasteiger partial charge in [0.1, 0.15) is 5.75 Å². The summed E-state index contributed by atoms with van der Waals surface area (Å²) in [6, 6.07) is 13.6. The van der Waals surface area contributed by atoms with Gasteiger partial charge in [0.05, 0.1) is 24.4 Å². The molecule has 0 aliphatic rings. The van der Waals surface area contributed by atoms with Crippen LogP contribution in [-0.4, -0.2) is 35.0 Å². The smallest absolute Gasteiger partial charge is 0.261 e. The largest absolute Gasteiger partial charge is 0.494 e. The van der Waals surface area contributed by atoms with E-state index in [-0.39, 0.29) is 5.91 Å². The molecule has 0 unspecified atom stereocenters. The molecule has 0 saturated carbocycles. The highest BCUT2D eigenvalue weighted by Gasteiger charge is 2.19. The molecule has 6 heteroatoms. The first kappa shape index (κ1) is 19.5. The first-order chi connectivity index (χ1) is 14.5. The first-order valence-electron chi connectivity index (χ1n) is 9.58. The third kappa shape index (κ3) is 3.59. The number of hydrogen-bond acceptors (Lipinski definition) is 5. The number of carbonyl (C=O) groups is 1. The Morgan fingerprint density at radius 1 is 1.03 bits per heavy atom. The van der Waals surface area contributed by atoms with Gasteiger partial charge >= 0.3 is 0 Å². The van der Waals surface area contributed by atoms with Crippen LogP contribution in [0.3, 0.4) is 0 Å². The summed E-state index contributed by atoms with van der Waals surface area (Å²) in [7, 11) is 3.28. The Balaban J connectivity index is 1.66. The molecule has 0 fully saturated rings. The predicted octanol–water partition coefficient (Wildman–Crippen LogP) is 4.59. The molecular weight excluding hydrogens is 376 g/mol. The number of benzene rings is 2. The number of aromatic nitrogens is 3. The van der Waals surface area contributed by atoms with Crippen molar-refractivity contribution in [2.75, 3.05) is 19.1 Å². The minimum Gasteiger partial charge on any atom is -0.494 e. The molecule has 30 heavy (non-hydrogen) atoms. The van der Waals surface area contributed by atoms with Gasteiger partial charge in [-0.1, -0.05) is 11.6 Å². The molecule has 0 aliphatic carbocycles. The molecule has 2 heterocycles. The van der Waals surface area contributed by atoms with Crippen LogP contribution in [0.1, 0.15) is 21.5 Å². The van der Waals surface area contributed by atoms with E-state index >= 15 is 0 Å². The Morgan fingerprint density at radius 3 is 2.63 bits per heavy atom. The summed E-state index contributed by atoms with van der Waals surface area (Å²) in [5.74, 6) is 0.941. The van der Waals surface area contributed by atoms with Crippen molar-refractivity contribution in [2.45, 2.75) is 13.8 Å². The molecule has 0 spiro atoms. The van der Waals surface area contributed by atoms with Gasteiger partial charge in [-0.2, -0.15) is 0 Å². The molecule has 6 nitrogen and oxygen atoms in total. The van der Waals surface area contributed by atoms with Gasteiger partial charge in [-0.15, -0.1) is 0 Å². The number of amides is 1. The molecule has 2 aromatic heterocycles. The summed E-state index contributed by atoms with van der Waals surface area (Å²) in [5, 5.41) is 1.02. The lowest BCUT2D eigenvalue weighted by molar-refractivity contribution is 0.0989. The number of hydrogen-bond donors (Lipinski definition) is 0. The summed E-state index contributed by atoms with van der Waals surface area (Å²) in [5.41, 5.74) is 5.21. The molecule has 0 aliphatic heterocycles. The van der Waals surface area contributed by atoms with Crippen LogP contribution < -0.4 is 9.64 Å². The number of ether oxygens (including phenoxy) is 1. The summed E-state index contributed by atoms with van der Waals surface area (Å²) < 4.78 is 5.28. The maximum Gasteiger partial charge on any atom is 0.261 e. The zero-order valence-electron chi connectivity index (χ0n) is 17.4. The van der Waals surface area contributed by atoms with Gasteiger partial charge < -0.3 is 9.64 Å². The monoisotopic (exact) mass is 398 g/mol. The topological polar surface area (TPSA) is 68.2 Å². The maximum atomic E-state index is 13.0. The van der Waals surface area contributed by atoms with Crippen molar-refractivity contribution in [3.63, 3.8) is 0 Å². The molecular formula is C24H22N4O2.